The average Bonchev–Trinajstić information content (AvgIpc) is 3.22. The van der Waals surface area contributed by atoms with Crippen molar-refractivity contribution in [2.45, 2.75) is 16.2 Å². The van der Waals surface area contributed by atoms with Crippen LogP contribution in [0.4, 0.5) is 5.82 Å². The van der Waals surface area contributed by atoms with Gasteiger partial charge in [0.1, 0.15) is 10.7 Å². The zero-order valence-corrected chi connectivity index (χ0v) is 23.4. The van der Waals surface area contributed by atoms with E-state index in [1.54, 1.807) is 16.8 Å². The smallest absolute Gasteiger partial charge is 0.244 e. The molecule has 9 nitrogen and oxygen atoms in total. The van der Waals surface area contributed by atoms with E-state index < -0.39 is 19.9 Å². The Labute approximate surface area is 223 Å². The standard InChI is InChI=1S/C23H23BrClN5O4S2/c1-29(36(33,34)21-11-6-5-10-20(21)35(2,31)32)13-7-12-26-22-14-19(16-8-3-4-9-18(16)25)28-23-17(24)15-27-30(22)23/h3-6,8-11,14-15,26H,7,12-13H2,1-2H3. The quantitative estimate of drug-likeness (QED) is 0.280. The van der Waals surface area contributed by atoms with E-state index in [1.165, 1.54) is 31.3 Å². The van der Waals surface area contributed by atoms with Gasteiger partial charge in [-0.2, -0.15) is 9.61 Å². The number of halogens is 2. The molecule has 4 rings (SSSR count). The second-order valence-corrected chi connectivity index (χ2v) is 13.3. The third kappa shape index (κ3) is 5.42. The first kappa shape index (κ1) is 26.6. The van der Waals surface area contributed by atoms with Crippen LogP contribution in [0, 0.1) is 0 Å². The van der Waals surface area contributed by atoms with Crippen LogP contribution >= 0.6 is 27.5 Å². The van der Waals surface area contributed by atoms with Gasteiger partial charge >= 0.3 is 0 Å². The van der Waals surface area contributed by atoms with Crippen LogP contribution in [0.25, 0.3) is 16.9 Å². The summed E-state index contributed by atoms with van der Waals surface area (Å²) >= 11 is 9.84. The molecule has 0 aliphatic carbocycles. The SMILES string of the molecule is CN(CCCNc1cc(-c2ccccc2Cl)nc2c(Br)cnn12)S(=O)(=O)c1ccccc1S(C)(=O)=O. The molecule has 0 aliphatic heterocycles. The Morgan fingerprint density at radius 1 is 1.06 bits per heavy atom. The molecule has 0 spiro atoms. The van der Waals surface area contributed by atoms with Gasteiger partial charge in [0.05, 0.1) is 21.3 Å². The van der Waals surface area contributed by atoms with Crippen molar-refractivity contribution in [2.75, 3.05) is 31.7 Å². The fraction of sp³-hybridized carbons (Fsp3) is 0.217. The lowest BCUT2D eigenvalue weighted by molar-refractivity contribution is 0.463. The molecule has 13 heteroatoms. The van der Waals surface area contributed by atoms with Crippen molar-refractivity contribution in [3.63, 3.8) is 0 Å². The lowest BCUT2D eigenvalue weighted by Crippen LogP contribution is -2.30. The molecule has 0 fully saturated rings. The highest BCUT2D eigenvalue weighted by atomic mass is 79.9. The van der Waals surface area contributed by atoms with Crippen molar-refractivity contribution >= 4 is 58.9 Å². The summed E-state index contributed by atoms with van der Waals surface area (Å²) in [5.74, 6) is 0.661. The van der Waals surface area contributed by atoms with Gasteiger partial charge in [0.15, 0.2) is 15.5 Å². The largest absolute Gasteiger partial charge is 0.370 e. The Morgan fingerprint density at radius 2 is 1.72 bits per heavy atom. The van der Waals surface area contributed by atoms with E-state index in [0.717, 1.165) is 20.6 Å². The number of nitrogens with one attached hydrogen (secondary N) is 1. The number of anilines is 1. The summed E-state index contributed by atoms with van der Waals surface area (Å²) in [7, 11) is -6.28. The number of hydrogen-bond acceptors (Lipinski definition) is 7. The van der Waals surface area contributed by atoms with Gasteiger partial charge < -0.3 is 5.32 Å². The maximum Gasteiger partial charge on any atom is 0.244 e. The average molecular weight is 613 g/mol. The van der Waals surface area contributed by atoms with E-state index in [2.05, 4.69) is 31.3 Å². The second kappa shape index (κ2) is 10.5. The molecule has 36 heavy (non-hydrogen) atoms. The van der Waals surface area contributed by atoms with Crippen LogP contribution in [0.15, 0.2) is 75.1 Å². The molecule has 190 valence electrons. The molecule has 0 unspecified atom stereocenters. The lowest BCUT2D eigenvalue weighted by atomic mass is 10.1. The van der Waals surface area contributed by atoms with Crippen molar-refractivity contribution in [3.05, 3.63) is 70.3 Å². The number of sulfonamides is 1. The number of aromatic nitrogens is 3. The third-order valence-corrected chi connectivity index (χ3v) is 9.56. The Balaban J connectivity index is 1.51. The number of nitrogens with zero attached hydrogens (tertiary/aromatic N) is 4. The van der Waals surface area contributed by atoms with Gasteiger partial charge in [-0.15, -0.1) is 0 Å². The van der Waals surface area contributed by atoms with E-state index >= 15 is 0 Å². The van der Waals surface area contributed by atoms with Crippen molar-refractivity contribution in [1.29, 1.82) is 0 Å². The topological polar surface area (TPSA) is 114 Å². The first-order valence-electron chi connectivity index (χ1n) is 10.8. The Bertz CT molecular complexity index is 1640. The monoisotopic (exact) mass is 611 g/mol. The molecule has 0 aliphatic rings. The van der Waals surface area contributed by atoms with Gasteiger partial charge in [-0.05, 0) is 40.5 Å². The maximum atomic E-state index is 13.1. The molecular formula is C23H23BrClN5O4S2. The van der Waals surface area contributed by atoms with E-state index in [9.17, 15) is 16.8 Å². The van der Waals surface area contributed by atoms with Gasteiger partial charge in [0, 0.05) is 43.0 Å². The first-order chi connectivity index (χ1) is 17.0. The summed E-state index contributed by atoms with van der Waals surface area (Å²) in [4.78, 5) is 4.22. The number of rotatable bonds is 9. The summed E-state index contributed by atoms with van der Waals surface area (Å²) < 4.78 is 53.8. The fourth-order valence-electron chi connectivity index (χ4n) is 3.64. The zero-order chi connectivity index (χ0) is 26.1. The van der Waals surface area contributed by atoms with E-state index in [1.807, 2.05) is 24.3 Å². The fourth-order valence-corrected chi connectivity index (χ4v) is 7.03. The van der Waals surface area contributed by atoms with Gasteiger partial charge in [-0.3, -0.25) is 0 Å². The molecule has 0 saturated heterocycles. The molecule has 0 radical (unpaired) electrons. The Kier molecular flexibility index (Phi) is 7.72. The molecule has 0 atom stereocenters. The van der Waals surface area contributed by atoms with Crippen LogP contribution in [0.3, 0.4) is 0 Å². The maximum absolute atomic E-state index is 13.1. The molecule has 4 aromatic rings. The van der Waals surface area contributed by atoms with Crippen LogP contribution in [-0.2, 0) is 19.9 Å². The van der Waals surface area contributed by atoms with Crippen molar-refractivity contribution in [3.8, 4) is 11.3 Å². The van der Waals surface area contributed by atoms with Crippen molar-refractivity contribution in [2.24, 2.45) is 0 Å². The van der Waals surface area contributed by atoms with E-state index in [0.29, 0.717) is 35.1 Å². The van der Waals surface area contributed by atoms with Crippen LogP contribution < -0.4 is 5.32 Å². The minimum atomic E-state index is -4.00. The van der Waals surface area contributed by atoms with Crippen LogP contribution in [0.5, 0.6) is 0 Å². The summed E-state index contributed by atoms with van der Waals surface area (Å²) in [6, 6.07) is 14.8. The van der Waals surface area contributed by atoms with Crippen LogP contribution in [-0.4, -0.2) is 62.1 Å². The lowest BCUT2D eigenvalue weighted by Gasteiger charge is -2.19. The summed E-state index contributed by atoms with van der Waals surface area (Å²) in [5, 5.41) is 8.21. The van der Waals surface area contributed by atoms with Crippen molar-refractivity contribution in [1.82, 2.24) is 18.9 Å². The summed E-state index contributed by atoms with van der Waals surface area (Å²) in [6.45, 7) is 0.591. The molecule has 2 aromatic carbocycles. The molecular weight excluding hydrogens is 590 g/mol. The Hall–Kier alpha value is -2.51. The van der Waals surface area contributed by atoms with Gasteiger partial charge in [0.25, 0.3) is 0 Å². The highest BCUT2D eigenvalue weighted by Gasteiger charge is 2.27. The molecule has 2 aromatic heterocycles. The minimum absolute atomic E-state index is 0.168. The molecule has 1 N–H and O–H groups in total. The molecule has 0 saturated carbocycles. The van der Waals surface area contributed by atoms with Gasteiger partial charge in [0.2, 0.25) is 10.0 Å². The number of hydrogen-bond donors (Lipinski definition) is 1. The second-order valence-electron chi connectivity index (χ2n) is 8.06. The van der Waals surface area contributed by atoms with E-state index in [4.69, 9.17) is 11.6 Å². The normalized spacial score (nSPS) is 12.4. The molecule has 0 bridgehead atoms. The molecule has 0 amide bonds. The number of sulfone groups is 1. The number of benzene rings is 2. The van der Waals surface area contributed by atoms with Gasteiger partial charge in [-0.25, -0.2) is 26.1 Å². The number of fused-ring (bicyclic) bond motifs is 1. The minimum Gasteiger partial charge on any atom is -0.370 e. The predicted molar refractivity (Wildman–Crippen MR) is 144 cm³/mol. The summed E-state index contributed by atoms with van der Waals surface area (Å²) in [5.41, 5.74) is 2.04. The molecule has 2 heterocycles. The summed E-state index contributed by atoms with van der Waals surface area (Å²) in [6.07, 6.45) is 3.08. The van der Waals surface area contributed by atoms with Crippen molar-refractivity contribution < 1.29 is 16.8 Å². The van der Waals surface area contributed by atoms with Crippen LogP contribution in [0.2, 0.25) is 5.02 Å². The first-order valence-corrected chi connectivity index (χ1v) is 15.3. The predicted octanol–water partition coefficient (Wildman–Crippen LogP) is 4.34. The van der Waals surface area contributed by atoms with Gasteiger partial charge in [-0.1, -0.05) is 41.9 Å². The Morgan fingerprint density at radius 3 is 2.42 bits per heavy atom. The van der Waals surface area contributed by atoms with E-state index in [-0.39, 0.29) is 16.3 Å². The third-order valence-electron chi connectivity index (χ3n) is 5.47. The zero-order valence-electron chi connectivity index (χ0n) is 19.4. The highest BCUT2D eigenvalue weighted by molar-refractivity contribution is 9.10. The highest BCUT2D eigenvalue weighted by Crippen LogP contribution is 2.30. The van der Waals surface area contributed by atoms with Crippen LogP contribution in [0.1, 0.15) is 6.42 Å².